The Hall–Kier alpha value is -1.48. The first-order valence-corrected chi connectivity index (χ1v) is 15.5. The number of phosphoric acid groups is 3. The summed E-state index contributed by atoms with van der Waals surface area (Å²) < 4.78 is 61.7. The number of phosphoric ester groups is 1. The molecule has 0 spiro atoms. The summed E-state index contributed by atoms with van der Waals surface area (Å²) in [5.41, 5.74) is 6.00. The van der Waals surface area contributed by atoms with Crippen LogP contribution in [-0.4, -0.2) is 101 Å². The first-order chi connectivity index (χ1) is 18.4. The summed E-state index contributed by atoms with van der Waals surface area (Å²) in [4.78, 5) is 47.2. The van der Waals surface area contributed by atoms with E-state index in [0.717, 1.165) is 6.33 Å². The molecule has 21 nitrogen and oxygen atoms in total. The Labute approximate surface area is 226 Å². The molecule has 4 unspecified atom stereocenters. The third-order valence-electron chi connectivity index (χ3n) is 4.99. The average molecular weight is 640 g/mol. The zero-order valence-corrected chi connectivity index (χ0v) is 24.1. The second kappa shape index (κ2) is 14.1. The molecule has 0 saturated carbocycles. The van der Waals surface area contributed by atoms with Crippen LogP contribution in [0.5, 0.6) is 0 Å². The highest BCUT2D eigenvalue weighted by Crippen LogP contribution is 2.66. The number of hydrogen-bond donors (Lipinski definition) is 8. The van der Waals surface area contributed by atoms with Crippen molar-refractivity contribution in [2.45, 2.75) is 50.8 Å². The lowest BCUT2D eigenvalue weighted by molar-refractivity contribution is -0.0503. The third kappa shape index (κ3) is 10.1. The molecule has 0 bridgehead atoms. The fourth-order valence-corrected chi connectivity index (χ4v) is 6.12. The van der Waals surface area contributed by atoms with Gasteiger partial charge < -0.3 is 49.7 Å². The Morgan fingerprint density at radius 3 is 2.15 bits per heavy atom. The number of aliphatic hydroxyl groups is 2. The van der Waals surface area contributed by atoms with Gasteiger partial charge in [-0.25, -0.2) is 28.6 Å². The number of aromatic nitrogens is 4. The fourth-order valence-electron chi connectivity index (χ4n) is 3.09. The third-order valence-corrected chi connectivity index (χ3v) is 8.80. The van der Waals surface area contributed by atoms with Crippen molar-refractivity contribution in [2.24, 2.45) is 0 Å². The summed E-state index contributed by atoms with van der Waals surface area (Å²) in [5.74, 6) is 0.0426. The minimum atomic E-state index is -5.70. The predicted octanol–water partition coefficient (Wildman–Crippen LogP) is -1.07. The minimum Gasteiger partial charge on any atom is -0.387 e. The number of nitrogens with zero attached hydrogens (tertiary/aromatic N) is 4. The van der Waals surface area contributed by atoms with E-state index in [2.05, 4.69) is 33.4 Å². The Bertz CT molecular complexity index is 1250. The van der Waals surface area contributed by atoms with Crippen LogP contribution < -0.4 is 11.1 Å². The molecular weight excluding hydrogens is 609 g/mol. The van der Waals surface area contributed by atoms with Crippen LogP contribution in [0.1, 0.15) is 20.1 Å². The number of fused-ring (bicyclic) bond motifs is 1. The van der Waals surface area contributed by atoms with Gasteiger partial charge in [0.2, 0.25) is 0 Å². The number of ether oxygens (including phenoxy) is 3. The second-order valence-electron chi connectivity index (χ2n) is 7.94. The maximum atomic E-state index is 11.8. The number of imidazole rings is 1. The van der Waals surface area contributed by atoms with Gasteiger partial charge in [-0.15, -0.1) is 0 Å². The van der Waals surface area contributed by atoms with Gasteiger partial charge in [0.05, 0.1) is 12.9 Å². The number of nitrogen functional groups attached to an aromatic ring is 1. The largest absolute Gasteiger partial charge is 0.490 e. The first kappa shape index (κ1) is 34.7. The van der Waals surface area contributed by atoms with Crippen molar-refractivity contribution in [1.29, 1.82) is 0 Å². The summed E-state index contributed by atoms with van der Waals surface area (Å²) in [6, 6.07) is 0. The molecule has 2 aromatic heterocycles. The second-order valence-corrected chi connectivity index (χ2v) is 12.4. The highest BCUT2D eigenvalue weighted by molar-refractivity contribution is 7.66. The number of hydrogen-bond acceptors (Lipinski definition) is 16. The number of aliphatic hydroxyl groups excluding tert-OH is 2. The molecule has 3 rings (SSSR count). The smallest absolute Gasteiger partial charge is 0.387 e. The lowest BCUT2D eigenvalue weighted by Crippen LogP contribution is -2.36. The van der Waals surface area contributed by atoms with Crippen LogP contribution in [-0.2, 0) is 41.1 Å². The van der Waals surface area contributed by atoms with E-state index < -0.39 is 54.6 Å². The van der Waals surface area contributed by atoms with Crippen LogP contribution in [0, 0.1) is 0 Å². The van der Waals surface area contributed by atoms with E-state index >= 15 is 0 Å². The van der Waals surface area contributed by atoms with E-state index in [1.54, 1.807) is 14.2 Å². The lowest BCUT2D eigenvalue weighted by atomic mass is 10.1. The SMILES string of the molecule is COC(C)NC(C)OC.Nc1ncnc2c1ncn2[C@@H]1O[C@H](COP(=O)(O)OP(=O)(O)OP(=O)(O)O)[C@@H](O)[C@H]1O. The Morgan fingerprint density at radius 2 is 1.60 bits per heavy atom. The van der Waals surface area contributed by atoms with Gasteiger partial charge in [-0.2, -0.15) is 8.62 Å². The summed E-state index contributed by atoms with van der Waals surface area (Å²) in [7, 11) is -13.4. The van der Waals surface area contributed by atoms with Crippen LogP contribution in [0.3, 0.4) is 0 Å². The number of methoxy groups -OCH3 is 2. The van der Waals surface area contributed by atoms with Gasteiger partial charge in [-0.1, -0.05) is 0 Å². The molecule has 0 aliphatic carbocycles. The molecule has 24 heteroatoms. The molecule has 40 heavy (non-hydrogen) atoms. The molecule has 0 aromatic carbocycles. The highest BCUT2D eigenvalue weighted by Gasteiger charge is 2.47. The Balaban J connectivity index is 0.000000536. The van der Waals surface area contributed by atoms with Crippen molar-refractivity contribution < 1.29 is 70.8 Å². The highest BCUT2D eigenvalue weighted by atomic mass is 31.3. The standard InChI is InChI=1S/C10H16N5O13P3.C6H15NO2/c11-8-5-9(13-2-12-8)15(3-14-5)10-7(17)6(16)4(26-10)1-25-30(21,22)28-31(23,24)27-29(18,19)20;1-5(8-3)7-6(2)9-4/h2-4,6-7,10,16-17H,1H2,(H,21,22)(H,23,24)(H2,11,12,13)(H2,18,19,20);5-7H,1-4H3/t4-,6-,7-,10-;/m1./s1. The van der Waals surface area contributed by atoms with Crippen LogP contribution >= 0.6 is 23.5 Å². The predicted molar refractivity (Wildman–Crippen MR) is 132 cm³/mol. The van der Waals surface area contributed by atoms with Crippen molar-refractivity contribution in [3.63, 3.8) is 0 Å². The summed E-state index contributed by atoms with van der Waals surface area (Å²) in [6.45, 7) is 2.90. The number of anilines is 1. The molecular formula is C16H31N6O15P3. The van der Waals surface area contributed by atoms with Gasteiger partial charge in [-0.05, 0) is 13.8 Å². The molecule has 2 aromatic rings. The molecule has 1 saturated heterocycles. The molecule has 1 aliphatic heterocycles. The topological polar surface area (TPSA) is 310 Å². The van der Waals surface area contributed by atoms with E-state index in [9.17, 15) is 28.8 Å². The van der Waals surface area contributed by atoms with Crippen LogP contribution in [0.4, 0.5) is 5.82 Å². The fraction of sp³-hybridized carbons (Fsp3) is 0.688. The van der Waals surface area contributed by atoms with Crippen molar-refractivity contribution in [1.82, 2.24) is 24.8 Å². The van der Waals surface area contributed by atoms with Gasteiger partial charge in [0.25, 0.3) is 0 Å². The summed E-state index contributed by atoms with van der Waals surface area (Å²) >= 11 is 0. The molecule has 1 fully saturated rings. The number of nitrogens with two attached hydrogens (primary N) is 1. The van der Waals surface area contributed by atoms with Crippen molar-refractivity contribution in [3.05, 3.63) is 12.7 Å². The lowest BCUT2D eigenvalue weighted by Gasteiger charge is -2.19. The Morgan fingerprint density at radius 1 is 1.00 bits per heavy atom. The monoisotopic (exact) mass is 640 g/mol. The van der Waals surface area contributed by atoms with Gasteiger partial charge in [0, 0.05) is 14.2 Å². The molecule has 230 valence electrons. The molecule has 0 radical (unpaired) electrons. The van der Waals surface area contributed by atoms with E-state index in [0.29, 0.717) is 0 Å². The zero-order valence-electron chi connectivity index (χ0n) is 21.4. The first-order valence-electron chi connectivity index (χ1n) is 10.9. The molecule has 1 aliphatic rings. The molecule has 0 amide bonds. The average Bonchev–Trinajstić information content (AvgIpc) is 3.37. The molecule has 9 N–H and O–H groups in total. The minimum absolute atomic E-state index is 0.0426. The number of rotatable bonds is 12. The van der Waals surface area contributed by atoms with E-state index in [4.69, 9.17) is 34.6 Å². The zero-order chi connectivity index (χ0) is 30.5. The van der Waals surface area contributed by atoms with E-state index in [1.165, 1.54) is 10.9 Å². The van der Waals surface area contributed by atoms with Gasteiger partial charge in [-0.3, -0.25) is 14.4 Å². The van der Waals surface area contributed by atoms with E-state index in [1.807, 2.05) is 13.8 Å². The number of nitrogens with one attached hydrogen (secondary N) is 1. The summed E-state index contributed by atoms with van der Waals surface area (Å²) in [5, 5.41) is 23.4. The molecule has 8 atom stereocenters. The van der Waals surface area contributed by atoms with Crippen LogP contribution in [0.15, 0.2) is 12.7 Å². The molecule has 3 heterocycles. The van der Waals surface area contributed by atoms with Crippen molar-refractivity contribution in [3.8, 4) is 0 Å². The van der Waals surface area contributed by atoms with Crippen LogP contribution in [0.25, 0.3) is 11.2 Å². The van der Waals surface area contributed by atoms with Crippen molar-refractivity contribution in [2.75, 3.05) is 26.6 Å². The maximum absolute atomic E-state index is 11.8. The van der Waals surface area contributed by atoms with Gasteiger partial charge in [0.1, 0.15) is 42.6 Å². The normalized spacial score (nSPS) is 25.9. The van der Waals surface area contributed by atoms with Crippen LogP contribution in [0.2, 0.25) is 0 Å². The van der Waals surface area contributed by atoms with Crippen molar-refractivity contribution >= 4 is 40.4 Å². The quantitative estimate of drug-likeness (QED) is 0.101. The summed E-state index contributed by atoms with van der Waals surface area (Å²) in [6.07, 6.45) is -3.58. The Kier molecular flexibility index (Phi) is 12.3. The van der Waals surface area contributed by atoms with E-state index in [-0.39, 0.29) is 29.4 Å². The maximum Gasteiger partial charge on any atom is 0.490 e. The van der Waals surface area contributed by atoms with Gasteiger partial charge in [0.15, 0.2) is 17.7 Å². The van der Waals surface area contributed by atoms with Gasteiger partial charge >= 0.3 is 23.5 Å².